The van der Waals surface area contributed by atoms with Crippen LogP contribution in [0.3, 0.4) is 0 Å². The van der Waals surface area contributed by atoms with Crippen molar-refractivity contribution in [1.82, 2.24) is 9.97 Å². The van der Waals surface area contributed by atoms with Crippen LogP contribution in [0.4, 0.5) is 20.4 Å². The molecule has 2 heterocycles. The molecule has 0 amide bonds. The predicted molar refractivity (Wildman–Crippen MR) is 99.1 cm³/mol. The van der Waals surface area contributed by atoms with Crippen LogP contribution in [0.15, 0.2) is 24.4 Å². The van der Waals surface area contributed by atoms with Gasteiger partial charge >= 0.3 is 0 Å². The number of methoxy groups -OCH3 is 2. The monoisotopic (exact) mass is 372 g/mol. The Balaban J connectivity index is 1.98. The summed E-state index contributed by atoms with van der Waals surface area (Å²) in [7, 11) is 2.61. The lowest BCUT2D eigenvalue weighted by molar-refractivity contribution is 0.359. The van der Waals surface area contributed by atoms with Crippen molar-refractivity contribution >= 4 is 22.4 Å². The van der Waals surface area contributed by atoms with E-state index in [-0.39, 0.29) is 22.8 Å². The number of hydrogen-bond donors (Lipinski definition) is 2. The number of nitrogens with two attached hydrogens (primary N) is 1. The Kier molecular flexibility index (Phi) is 4.18. The molecule has 2 aromatic heterocycles. The van der Waals surface area contributed by atoms with Crippen LogP contribution in [0.5, 0.6) is 11.5 Å². The molecule has 8 heteroatoms. The number of nitrogens with one attached hydrogen (secondary N) is 1. The number of pyridine rings is 2. The van der Waals surface area contributed by atoms with E-state index in [9.17, 15) is 8.78 Å². The Morgan fingerprint density at radius 1 is 1.07 bits per heavy atom. The van der Waals surface area contributed by atoms with Gasteiger partial charge in [-0.25, -0.2) is 18.7 Å². The van der Waals surface area contributed by atoms with Gasteiger partial charge in [0.1, 0.15) is 11.6 Å². The number of fused-ring (bicyclic) bond motifs is 1. The first kappa shape index (κ1) is 17.3. The third-order valence-electron chi connectivity index (χ3n) is 4.48. The molecule has 0 radical (unpaired) electrons. The third kappa shape index (κ3) is 3.07. The van der Waals surface area contributed by atoms with Gasteiger partial charge in [-0.1, -0.05) is 0 Å². The van der Waals surface area contributed by atoms with Gasteiger partial charge in [0.2, 0.25) is 0 Å². The van der Waals surface area contributed by atoms with E-state index in [0.717, 1.165) is 18.2 Å². The molecule has 3 aromatic rings. The fourth-order valence-electron chi connectivity index (χ4n) is 2.93. The number of rotatable bonds is 5. The molecule has 0 spiro atoms. The van der Waals surface area contributed by atoms with Gasteiger partial charge in [0.15, 0.2) is 23.1 Å². The Labute approximate surface area is 154 Å². The van der Waals surface area contributed by atoms with Crippen LogP contribution in [0.25, 0.3) is 22.0 Å². The summed E-state index contributed by atoms with van der Waals surface area (Å²) in [5.41, 5.74) is 5.59. The highest BCUT2D eigenvalue weighted by molar-refractivity contribution is 5.95. The van der Waals surface area contributed by atoms with Gasteiger partial charge in [-0.05, 0) is 25.0 Å². The normalized spacial score (nSPS) is 13.6. The molecule has 140 valence electrons. The molecule has 0 unspecified atom stereocenters. The van der Waals surface area contributed by atoms with Gasteiger partial charge in [0.05, 0.1) is 25.5 Å². The zero-order valence-electron chi connectivity index (χ0n) is 14.8. The molecule has 1 fully saturated rings. The quantitative estimate of drug-likeness (QED) is 0.710. The van der Waals surface area contributed by atoms with Gasteiger partial charge in [-0.15, -0.1) is 0 Å². The number of halogens is 2. The minimum atomic E-state index is -0.844. The van der Waals surface area contributed by atoms with E-state index in [2.05, 4.69) is 15.3 Å². The Bertz CT molecular complexity index is 1010. The zero-order chi connectivity index (χ0) is 19.1. The van der Waals surface area contributed by atoms with Crippen LogP contribution >= 0.6 is 0 Å². The van der Waals surface area contributed by atoms with Gasteiger partial charge in [-0.3, -0.25) is 0 Å². The summed E-state index contributed by atoms with van der Waals surface area (Å²) >= 11 is 0. The predicted octanol–water partition coefficient (Wildman–Crippen LogP) is 3.75. The lowest BCUT2D eigenvalue weighted by Crippen LogP contribution is -2.06. The molecule has 1 aromatic carbocycles. The largest absolute Gasteiger partial charge is 0.494 e. The summed E-state index contributed by atoms with van der Waals surface area (Å²) in [4.78, 5) is 8.55. The van der Waals surface area contributed by atoms with Gasteiger partial charge in [0, 0.05) is 29.1 Å². The van der Waals surface area contributed by atoms with E-state index in [1.165, 1.54) is 20.3 Å². The molecule has 0 saturated heterocycles. The van der Waals surface area contributed by atoms with Crippen molar-refractivity contribution in [3.05, 3.63) is 36.0 Å². The van der Waals surface area contributed by atoms with Crippen molar-refractivity contribution in [3.63, 3.8) is 0 Å². The second-order valence-electron chi connectivity index (χ2n) is 6.39. The first-order valence-corrected chi connectivity index (χ1v) is 8.45. The van der Waals surface area contributed by atoms with E-state index >= 15 is 0 Å². The van der Waals surface area contributed by atoms with E-state index in [0.29, 0.717) is 23.1 Å². The molecule has 1 aliphatic carbocycles. The number of nitrogen functional groups attached to an aromatic ring is 1. The molecule has 6 nitrogen and oxygen atoms in total. The summed E-state index contributed by atoms with van der Waals surface area (Å²) in [6.45, 7) is 0. The molecule has 27 heavy (non-hydrogen) atoms. The lowest BCUT2D eigenvalue weighted by Gasteiger charge is -2.15. The lowest BCUT2D eigenvalue weighted by atomic mass is 10.1. The maximum atomic E-state index is 14.9. The van der Waals surface area contributed by atoms with Crippen molar-refractivity contribution in [2.75, 3.05) is 25.3 Å². The van der Waals surface area contributed by atoms with Crippen molar-refractivity contribution in [2.24, 2.45) is 0 Å². The standard InChI is InChI=1S/C19H18F2N4O2/c1-26-13-7-14(27-2)18(21)16(17(13)20)12-5-9-8-23-15(22)6-11(9)19(25-12)24-10-3-4-10/h5-8,10H,3-4H2,1-2H3,(H2,22,23)(H,24,25). The summed E-state index contributed by atoms with van der Waals surface area (Å²) in [5.74, 6) is -1.09. The second-order valence-corrected chi connectivity index (χ2v) is 6.39. The third-order valence-corrected chi connectivity index (χ3v) is 4.48. The van der Waals surface area contributed by atoms with E-state index in [1.54, 1.807) is 18.3 Å². The van der Waals surface area contributed by atoms with Crippen LogP contribution in [0.2, 0.25) is 0 Å². The molecule has 1 saturated carbocycles. The highest BCUT2D eigenvalue weighted by atomic mass is 19.1. The fourth-order valence-corrected chi connectivity index (χ4v) is 2.93. The molecule has 4 rings (SSSR count). The summed E-state index contributed by atoms with van der Waals surface area (Å²) in [6, 6.07) is 4.72. The molecule has 3 N–H and O–H groups in total. The minimum Gasteiger partial charge on any atom is -0.494 e. The van der Waals surface area contributed by atoms with Crippen LogP contribution in [0, 0.1) is 11.6 Å². The zero-order valence-corrected chi connectivity index (χ0v) is 14.8. The van der Waals surface area contributed by atoms with E-state index < -0.39 is 11.6 Å². The van der Waals surface area contributed by atoms with E-state index in [1.807, 2.05) is 0 Å². The molecule has 0 aliphatic heterocycles. The number of benzene rings is 1. The smallest absolute Gasteiger partial charge is 0.177 e. The number of anilines is 2. The minimum absolute atomic E-state index is 0.115. The first-order valence-electron chi connectivity index (χ1n) is 8.45. The summed E-state index contributed by atoms with van der Waals surface area (Å²) in [6.07, 6.45) is 3.59. The highest BCUT2D eigenvalue weighted by Gasteiger charge is 2.26. The maximum absolute atomic E-state index is 14.9. The van der Waals surface area contributed by atoms with Crippen molar-refractivity contribution < 1.29 is 18.3 Å². The number of ether oxygens (including phenoxy) is 2. The SMILES string of the molecule is COc1cc(OC)c(F)c(-c2cc3cnc(N)cc3c(NC3CC3)n2)c1F. The Morgan fingerprint density at radius 3 is 2.33 bits per heavy atom. The topological polar surface area (TPSA) is 82.3 Å². The molecular weight excluding hydrogens is 354 g/mol. The average molecular weight is 372 g/mol. The summed E-state index contributed by atoms with van der Waals surface area (Å²) < 4.78 is 39.8. The number of aromatic nitrogens is 2. The van der Waals surface area contributed by atoms with Gasteiger partial charge < -0.3 is 20.5 Å². The van der Waals surface area contributed by atoms with Gasteiger partial charge in [-0.2, -0.15) is 0 Å². The molecule has 0 atom stereocenters. The molecule has 0 bridgehead atoms. The van der Waals surface area contributed by atoms with Crippen LogP contribution in [-0.2, 0) is 0 Å². The highest BCUT2D eigenvalue weighted by Crippen LogP contribution is 2.39. The second kappa shape index (κ2) is 6.53. The van der Waals surface area contributed by atoms with Gasteiger partial charge in [0.25, 0.3) is 0 Å². The van der Waals surface area contributed by atoms with Crippen LogP contribution < -0.4 is 20.5 Å². The maximum Gasteiger partial charge on any atom is 0.177 e. The Morgan fingerprint density at radius 2 is 1.74 bits per heavy atom. The molecular formula is C19H18F2N4O2. The van der Waals surface area contributed by atoms with Crippen molar-refractivity contribution in [2.45, 2.75) is 18.9 Å². The number of hydrogen-bond acceptors (Lipinski definition) is 6. The van der Waals surface area contributed by atoms with Crippen molar-refractivity contribution in [3.8, 4) is 22.8 Å². The molecule has 1 aliphatic rings. The van der Waals surface area contributed by atoms with Crippen molar-refractivity contribution in [1.29, 1.82) is 0 Å². The van der Waals surface area contributed by atoms with Crippen LogP contribution in [-0.4, -0.2) is 30.2 Å². The Hall–Kier alpha value is -3.16. The van der Waals surface area contributed by atoms with E-state index in [4.69, 9.17) is 15.2 Å². The average Bonchev–Trinajstić information content (AvgIpc) is 3.47. The first-order chi connectivity index (χ1) is 13.0. The van der Waals surface area contributed by atoms with Crippen LogP contribution in [0.1, 0.15) is 12.8 Å². The summed E-state index contributed by atoms with van der Waals surface area (Å²) in [5, 5.41) is 4.70. The number of nitrogens with zero attached hydrogens (tertiary/aromatic N) is 2. The fraction of sp³-hybridized carbons (Fsp3) is 0.263.